The van der Waals surface area contributed by atoms with Crippen LogP contribution in [0.25, 0.3) is 0 Å². The van der Waals surface area contributed by atoms with Gasteiger partial charge in [-0.2, -0.15) is 0 Å². The molecule has 1 aromatic rings. The normalized spacial score (nSPS) is 20.6. The van der Waals surface area contributed by atoms with Crippen LogP contribution in [0.4, 0.5) is 4.39 Å². The van der Waals surface area contributed by atoms with Gasteiger partial charge in [0.15, 0.2) is 0 Å². The summed E-state index contributed by atoms with van der Waals surface area (Å²) in [6.45, 7) is 7.40. The largest absolute Gasteiger partial charge is 0.291 e. The van der Waals surface area contributed by atoms with Gasteiger partial charge in [0.2, 0.25) is 0 Å². The Labute approximate surface area is 101 Å². The molecule has 16 heavy (non-hydrogen) atoms. The topological polar surface area (TPSA) is 3.24 Å². The molecule has 0 aromatic heterocycles. The molecule has 1 aromatic carbocycles. The second-order valence-corrected chi connectivity index (χ2v) is 4.79. The van der Waals surface area contributed by atoms with Gasteiger partial charge >= 0.3 is 0 Å². The molecular weight excluding hydrogens is 225 g/mol. The van der Waals surface area contributed by atoms with Crippen LogP contribution < -0.4 is 0 Å². The summed E-state index contributed by atoms with van der Waals surface area (Å²) in [5.41, 5.74) is 2.31. The lowest BCUT2D eigenvalue weighted by Crippen LogP contribution is -2.34. The first-order chi connectivity index (χ1) is 7.58. The molecule has 86 valence electrons. The summed E-state index contributed by atoms with van der Waals surface area (Å²) in [5, 5.41) is 0.631. The average Bonchev–Trinajstić information content (AvgIpc) is 2.22. The Morgan fingerprint density at radius 3 is 3.06 bits per heavy atom. The molecule has 1 unspecified atom stereocenters. The van der Waals surface area contributed by atoms with Crippen LogP contribution in [0.3, 0.4) is 0 Å². The van der Waals surface area contributed by atoms with Crippen LogP contribution in [0.2, 0.25) is 0 Å². The maximum absolute atomic E-state index is 13.2. The van der Waals surface area contributed by atoms with Crippen molar-refractivity contribution < 1.29 is 4.39 Å². The minimum absolute atomic E-state index is 0.169. The lowest BCUT2D eigenvalue weighted by Gasteiger charge is -2.35. The van der Waals surface area contributed by atoms with Crippen molar-refractivity contribution in [3.8, 4) is 0 Å². The molecule has 0 aliphatic carbocycles. The van der Waals surface area contributed by atoms with Crippen LogP contribution in [0.5, 0.6) is 0 Å². The molecule has 0 bridgehead atoms. The van der Waals surface area contributed by atoms with Gasteiger partial charge in [0, 0.05) is 24.2 Å². The molecule has 3 heteroatoms. The smallest absolute Gasteiger partial charge is 0.123 e. The molecular formula is C13H15ClFN. The molecule has 0 fully saturated rings. The summed E-state index contributed by atoms with van der Waals surface area (Å²) in [6, 6.07) is 5.24. The Morgan fingerprint density at radius 2 is 2.38 bits per heavy atom. The standard InChI is InChI=1S/C13H15ClFN/c1-9(14)8-16-6-5-11-3-4-12(15)7-13(11)10(16)2/h3-4,7,10H,1,5-6,8H2,2H3. The van der Waals surface area contributed by atoms with Crippen molar-refractivity contribution in [2.75, 3.05) is 13.1 Å². The molecule has 2 rings (SSSR count). The van der Waals surface area contributed by atoms with Crippen molar-refractivity contribution in [2.24, 2.45) is 0 Å². The van der Waals surface area contributed by atoms with Crippen LogP contribution in [0.15, 0.2) is 29.8 Å². The van der Waals surface area contributed by atoms with Gasteiger partial charge < -0.3 is 0 Å². The second kappa shape index (κ2) is 4.56. The lowest BCUT2D eigenvalue weighted by atomic mass is 9.93. The molecule has 0 radical (unpaired) electrons. The molecule has 0 N–H and O–H groups in total. The fourth-order valence-electron chi connectivity index (χ4n) is 2.27. The van der Waals surface area contributed by atoms with E-state index in [2.05, 4.69) is 18.4 Å². The first-order valence-electron chi connectivity index (χ1n) is 5.43. The predicted octanol–water partition coefficient (Wildman–Crippen LogP) is 3.50. The summed E-state index contributed by atoms with van der Waals surface area (Å²) < 4.78 is 13.2. The third-order valence-electron chi connectivity index (χ3n) is 3.15. The van der Waals surface area contributed by atoms with Gasteiger partial charge in [0.05, 0.1) is 0 Å². The molecule has 1 aliphatic rings. The van der Waals surface area contributed by atoms with Crippen molar-refractivity contribution in [2.45, 2.75) is 19.4 Å². The third kappa shape index (κ3) is 2.28. The zero-order chi connectivity index (χ0) is 11.7. The molecule has 0 spiro atoms. The van der Waals surface area contributed by atoms with Crippen molar-refractivity contribution in [1.29, 1.82) is 0 Å². The highest BCUT2D eigenvalue weighted by atomic mass is 35.5. The fraction of sp³-hybridized carbons (Fsp3) is 0.385. The molecule has 1 atom stereocenters. The highest BCUT2D eigenvalue weighted by Gasteiger charge is 2.23. The Hall–Kier alpha value is -0.860. The Morgan fingerprint density at radius 1 is 1.62 bits per heavy atom. The minimum atomic E-state index is -0.169. The van der Waals surface area contributed by atoms with Gasteiger partial charge in [-0.25, -0.2) is 4.39 Å². The van der Waals surface area contributed by atoms with E-state index in [4.69, 9.17) is 11.6 Å². The van der Waals surface area contributed by atoms with Crippen molar-refractivity contribution in [3.05, 3.63) is 46.8 Å². The van der Waals surface area contributed by atoms with E-state index in [1.165, 1.54) is 11.6 Å². The number of rotatable bonds is 2. The molecule has 1 nitrogen and oxygen atoms in total. The van der Waals surface area contributed by atoms with E-state index in [-0.39, 0.29) is 11.9 Å². The summed E-state index contributed by atoms with van der Waals surface area (Å²) >= 11 is 5.82. The van der Waals surface area contributed by atoms with E-state index in [1.807, 2.05) is 6.07 Å². The number of benzene rings is 1. The average molecular weight is 240 g/mol. The van der Waals surface area contributed by atoms with Crippen LogP contribution in [0, 0.1) is 5.82 Å². The quantitative estimate of drug-likeness (QED) is 0.764. The van der Waals surface area contributed by atoms with E-state index >= 15 is 0 Å². The summed E-state index contributed by atoms with van der Waals surface area (Å²) in [6.07, 6.45) is 0.949. The zero-order valence-electron chi connectivity index (χ0n) is 9.34. The van der Waals surface area contributed by atoms with Crippen molar-refractivity contribution in [1.82, 2.24) is 4.90 Å². The van der Waals surface area contributed by atoms with E-state index in [1.54, 1.807) is 6.07 Å². The molecule has 0 saturated carbocycles. The van der Waals surface area contributed by atoms with Gasteiger partial charge in [-0.1, -0.05) is 24.2 Å². The van der Waals surface area contributed by atoms with Crippen LogP contribution >= 0.6 is 11.6 Å². The lowest BCUT2D eigenvalue weighted by molar-refractivity contribution is 0.219. The number of hydrogen-bond acceptors (Lipinski definition) is 1. The van der Waals surface area contributed by atoms with Gasteiger partial charge in [-0.3, -0.25) is 4.90 Å². The maximum Gasteiger partial charge on any atom is 0.123 e. The molecule has 0 saturated heterocycles. The van der Waals surface area contributed by atoms with Gasteiger partial charge in [-0.15, -0.1) is 0 Å². The summed E-state index contributed by atoms with van der Waals surface area (Å²) in [5.74, 6) is -0.169. The van der Waals surface area contributed by atoms with Gasteiger partial charge in [0.1, 0.15) is 5.82 Å². The molecule has 1 heterocycles. The fourth-order valence-corrected chi connectivity index (χ4v) is 2.43. The number of halogens is 2. The van der Waals surface area contributed by atoms with Crippen LogP contribution in [0.1, 0.15) is 24.1 Å². The highest BCUT2D eigenvalue weighted by molar-refractivity contribution is 6.29. The Kier molecular flexibility index (Phi) is 3.31. The highest BCUT2D eigenvalue weighted by Crippen LogP contribution is 2.30. The zero-order valence-corrected chi connectivity index (χ0v) is 10.1. The van der Waals surface area contributed by atoms with Crippen LogP contribution in [-0.2, 0) is 6.42 Å². The second-order valence-electron chi connectivity index (χ2n) is 4.26. The van der Waals surface area contributed by atoms with Crippen LogP contribution in [-0.4, -0.2) is 18.0 Å². The predicted molar refractivity (Wildman–Crippen MR) is 65.1 cm³/mol. The third-order valence-corrected chi connectivity index (χ3v) is 3.27. The summed E-state index contributed by atoms with van der Waals surface area (Å²) in [7, 11) is 0. The SMILES string of the molecule is C=C(Cl)CN1CCc2ccc(F)cc2C1C. The van der Waals surface area contributed by atoms with Gasteiger partial charge in [-0.05, 0) is 36.6 Å². The molecule has 0 amide bonds. The number of fused-ring (bicyclic) bond motifs is 1. The monoisotopic (exact) mass is 239 g/mol. The first kappa shape index (κ1) is 11.6. The number of hydrogen-bond donors (Lipinski definition) is 0. The van der Waals surface area contributed by atoms with Gasteiger partial charge in [0.25, 0.3) is 0 Å². The van der Waals surface area contributed by atoms with Crippen molar-refractivity contribution in [3.63, 3.8) is 0 Å². The van der Waals surface area contributed by atoms with E-state index < -0.39 is 0 Å². The summed E-state index contributed by atoms with van der Waals surface area (Å²) in [4.78, 5) is 2.22. The van der Waals surface area contributed by atoms with E-state index in [0.29, 0.717) is 11.6 Å². The van der Waals surface area contributed by atoms with E-state index in [0.717, 1.165) is 18.5 Å². The Bertz CT molecular complexity index is 416. The Balaban J connectivity index is 2.26. The first-order valence-corrected chi connectivity index (χ1v) is 5.81. The van der Waals surface area contributed by atoms with E-state index in [9.17, 15) is 4.39 Å². The number of nitrogens with zero attached hydrogens (tertiary/aromatic N) is 1. The maximum atomic E-state index is 13.2. The van der Waals surface area contributed by atoms with Crippen molar-refractivity contribution >= 4 is 11.6 Å². The minimum Gasteiger partial charge on any atom is -0.291 e. The molecule has 1 aliphatic heterocycles.